The Bertz CT molecular complexity index is 334. The maximum absolute atomic E-state index is 11.4. The quantitative estimate of drug-likeness (QED) is 0.346. The molecule has 4 N–H and O–H groups in total. The average molecular weight is 232 g/mol. The predicted molar refractivity (Wildman–Crippen MR) is 47.6 cm³/mol. The molecule has 2 rings (SSSR count). The number of nitrogens with zero attached hydrogens (tertiary/aromatic N) is 1. The summed E-state index contributed by atoms with van der Waals surface area (Å²) in [4.78, 5) is 23.5. The number of aliphatic hydroxyl groups is 3. The second-order valence-electron chi connectivity index (χ2n) is 3.73. The van der Waals surface area contributed by atoms with E-state index in [4.69, 9.17) is 4.74 Å². The number of carbonyl (C=O) groups excluding carboxylic acids is 2. The Hall–Kier alpha value is -1.22. The van der Waals surface area contributed by atoms with Crippen molar-refractivity contribution in [1.82, 2.24) is 10.2 Å². The second kappa shape index (κ2) is 3.67. The van der Waals surface area contributed by atoms with Gasteiger partial charge in [0.1, 0.15) is 24.5 Å². The largest absolute Gasteiger partial charge is 0.387 e. The van der Waals surface area contributed by atoms with Gasteiger partial charge in [-0.25, -0.2) is 0 Å². The maximum atomic E-state index is 11.4. The molecule has 0 bridgehead atoms. The van der Waals surface area contributed by atoms with Crippen LogP contribution in [0.25, 0.3) is 0 Å². The fraction of sp³-hybridized carbons (Fsp3) is 0.750. The van der Waals surface area contributed by atoms with E-state index in [1.165, 1.54) is 7.11 Å². The topological polar surface area (TPSA) is 119 Å². The van der Waals surface area contributed by atoms with Crippen molar-refractivity contribution >= 4 is 11.8 Å². The molecule has 2 saturated heterocycles. The monoisotopic (exact) mass is 232 g/mol. The molecule has 0 spiro atoms. The van der Waals surface area contributed by atoms with Crippen LogP contribution in [0.1, 0.15) is 0 Å². The molecular formula is C8H12N2O6. The van der Waals surface area contributed by atoms with Crippen LogP contribution in [0.15, 0.2) is 0 Å². The van der Waals surface area contributed by atoms with E-state index in [0.29, 0.717) is 0 Å². The first-order chi connectivity index (χ1) is 7.49. The van der Waals surface area contributed by atoms with E-state index in [1.54, 1.807) is 0 Å². The van der Waals surface area contributed by atoms with Crippen LogP contribution in [-0.2, 0) is 14.3 Å². The number of ether oxygens (including phenoxy) is 1. The first-order valence-corrected chi connectivity index (χ1v) is 4.69. The van der Waals surface area contributed by atoms with Gasteiger partial charge in [0.15, 0.2) is 6.23 Å². The Morgan fingerprint density at radius 1 is 1.19 bits per heavy atom. The average Bonchev–Trinajstić information content (AvgIpc) is 2.55. The van der Waals surface area contributed by atoms with Crippen molar-refractivity contribution in [3.63, 3.8) is 0 Å². The fourth-order valence-corrected chi connectivity index (χ4v) is 2.01. The molecule has 5 atom stereocenters. The smallest absolute Gasteiger partial charge is 0.315 e. The third-order valence-corrected chi connectivity index (χ3v) is 2.84. The first kappa shape index (κ1) is 11.3. The van der Waals surface area contributed by atoms with Gasteiger partial charge in [-0.1, -0.05) is 0 Å². The van der Waals surface area contributed by atoms with E-state index < -0.39 is 42.5 Å². The molecule has 0 aromatic heterocycles. The number of hydrogen-bond acceptors (Lipinski definition) is 6. The fourth-order valence-electron chi connectivity index (χ4n) is 2.01. The lowest BCUT2D eigenvalue weighted by Crippen LogP contribution is -2.67. The first-order valence-electron chi connectivity index (χ1n) is 4.69. The van der Waals surface area contributed by atoms with Crippen molar-refractivity contribution in [3.8, 4) is 0 Å². The molecule has 0 unspecified atom stereocenters. The van der Waals surface area contributed by atoms with Gasteiger partial charge in [0.2, 0.25) is 0 Å². The van der Waals surface area contributed by atoms with E-state index in [0.717, 1.165) is 4.90 Å². The van der Waals surface area contributed by atoms with Crippen LogP contribution in [0, 0.1) is 0 Å². The van der Waals surface area contributed by atoms with Gasteiger partial charge in [-0.2, -0.15) is 0 Å². The zero-order valence-corrected chi connectivity index (χ0v) is 8.40. The van der Waals surface area contributed by atoms with Gasteiger partial charge in [-0.05, 0) is 0 Å². The van der Waals surface area contributed by atoms with Crippen molar-refractivity contribution in [2.75, 3.05) is 7.11 Å². The molecule has 0 radical (unpaired) electrons. The lowest BCUT2D eigenvalue weighted by atomic mass is 9.98. The minimum absolute atomic E-state index is 0.893. The third-order valence-electron chi connectivity index (χ3n) is 2.84. The molecule has 2 amide bonds. The number of piperidine rings is 1. The Morgan fingerprint density at radius 3 is 2.38 bits per heavy atom. The summed E-state index contributed by atoms with van der Waals surface area (Å²) in [6.07, 6.45) is -6.62. The van der Waals surface area contributed by atoms with Crippen molar-refractivity contribution in [1.29, 1.82) is 0 Å². The van der Waals surface area contributed by atoms with Gasteiger partial charge in [0.05, 0.1) is 0 Å². The molecule has 0 aromatic rings. The Labute approximate surface area is 90.4 Å². The summed E-state index contributed by atoms with van der Waals surface area (Å²) in [7, 11) is 1.23. The highest BCUT2D eigenvalue weighted by Crippen LogP contribution is 2.26. The Balaban J connectivity index is 2.35. The molecule has 0 aromatic carbocycles. The van der Waals surface area contributed by atoms with Gasteiger partial charge >= 0.3 is 11.8 Å². The van der Waals surface area contributed by atoms with Crippen molar-refractivity contribution in [2.24, 2.45) is 0 Å². The van der Waals surface area contributed by atoms with E-state index in [9.17, 15) is 24.9 Å². The predicted octanol–water partition coefficient (Wildman–Crippen LogP) is -3.66. The molecule has 90 valence electrons. The van der Waals surface area contributed by atoms with Crippen LogP contribution in [0.2, 0.25) is 0 Å². The van der Waals surface area contributed by atoms with E-state index in [-0.39, 0.29) is 0 Å². The van der Waals surface area contributed by atoms with Crippen LogP contribution in [0.4, 0.5) is 0 Å². The third kappa shape index (κ3) is 1.31. The maximum Gasteiger partial charge on any atom is 0.315 e. The molecule has 2 aliphatic rings. The van der Waals surface area contributed by atoms with Gasteiger partial charge in [-0.15, -0.1) is 0 Å². The second-order valence-corrected chi connectivity index (χ2v) is 3.73. The van der Waals surface area contributed by atoms with Gasteiger partial charge < -0.3 is 25.4 Å². The number of amides is 2. The van der Waals surface area contributed by atoms with Crippen LogP contribution >= 0.6 is 0 Å². The number of fused-ring (bicyclic) bond motifs is 1. The standard InChI is InChI=1S/C8H12N2O6/c1-16-8-4(13)2(11)3(12)5-9-6(14)7(15)10(5)8/h2-5,8,11-13H,1H3,(H,9,14)/t2-,3+,4+,5+,8-/m1/s1. The summed E-state index contributed by atoms with van der Waals surface area (Å²) in [6.45, 7) is 0. The highest BCUT2D eigenvalue weighted by atomic mass is 16.5. The van der Waals surface area contributed by atoms with E-state index in [2.05, 4.69) is 5.32 Å². The van der Waals surface area contributed by atoms with Gasteiger partial charge in [-0.3, -0.25) is 14.5 Å². The minimum atomic E-state index is -1.49. The van der Waals surface area contributed by atoms with Gasteiger partial charge in [0, 0.05) is 7.11 Å². The molecule has 8 nitrogen and oxygen atoms in total. The molecule has 16 heavy (non-hydrogen) atoms. The lowest BCUT2D eigenvalue weighted by molar-refractivity contribution is -0.219. The van der Waals surface area contributed by atoms with Crippen molar-refractivity contribution in [3.05, 3.63) is 0 Å². The van der Waals surface area contributed by atoms with Crippen LogP contribution < -0.4 is 5.32 Å². The summed E-state index contributed by atoms with van der Waals surface area (Å²) in [5.74, 6) is -1.80. The van der Waals surface area contributed by atoms with Crippen LogP contribution in [0.3, 0.4) is 0 Å². The lowest BCUT2D eigenvalue weighted by Gasteiger charge is -2.43. The number of carbonyl (C=O) groups is 2. The molecule has 2 fully saturated rings. The minimum Gasteiger partial charge on any atom is -0.387 e. The summed E-state index contributed by atoms with van der Waals surface area (Å²) in [5.41, 5.74) is 0. The number of aliphatic hydroxyl groups excluding tert-OH is 3. The number of methoxy groups -OCH3 is 1. The normalized spacial score (nSPS) is 43.2. The zero-order chi connectivity index (χ0) is 12.0. The summed E-state index contributed by atoms with van der Waals surface area (Å²) in [5, 5.41) is 30.9. The highest BCUT2D eigenvalue weighted by Gasteiger charge is 2.55. The summed E-state index contributed by atoms with van der Waals surface area (Å²) in [6, 6.07) is 0. The number of hydrogen-bond donors (Lipinski definition) is 4. The Morgan fingerprint density at radius 2 is 1.81 bits per heavy atom. The number of nitrogens with one attached hydrogen (secondary N) is 1. The zero-order valence-electron chi connectivity index (χ0n) is 8.40. The molecular weight excluding hydrogens is 220 g/mol. The van der Waals surface area contributed by atoms with Crippen molar-refractivity contribution < 1.29 is 29.6 Å². The van der Waals surface area contributed by atoms with E-state index >= 15 is 0 Å². The molecule has 0 aliphatic carbocycles. The number of rotatable bonds is 1. The van der Waals surface area contributed by atoms with Gasteiger partial charge in [0.25, 0.3) is 0 Å². The van der Waals surface area contributed by atoms with E-state index in [1.807, 2.05) is 0 Å². The Kier molecular flexibility index (Phi) is 2.58. The summed E-state index contributed by atoms with van der Waals surface area (Å²) >= 11 is 0. The van der Waals surface area contributed by atoms with Crippen molar-refractivity contribution in [2.45, 2.75) is 30.7 Å². The SMILES string of the molecule is CO[C@@H]1[C@@H](O)[C@H](O)[C@H](O)[C@H]2NC(=O)C(=O)N21. The van der Waals surface area contributed by atoms with Crippen LogP contribution in [0.5, 0.6) is 0 Å². The molecule has 0 saturated carbocycles. The summed E-state index contributed by atoms with van der Waals surface area (Å²) < 4.78 is 4.85. The molecule has 8 heteroatoms. The molecule has 2 aliphatic heterocycles. The highest BCUT2D eigenvalue weighted by molar-refractivity contribution is 6.37. The van der Waals surface area contributed by atoms with Crippen LogP contribution in [-0.4, -0.2) is 69.8 Å². The molecule has 2 heterocycles.